The van der Waals surface area contributed by atoms with Gasteiger partial charge in [-0.25, -0.2) is 0 Å². The highest BCUT2D eigenvalue weighted by Crippen LogP contribution is 2.53. The highest BCUT2D eigenvalue weighted by Gasteiger charge is 2.54. The first-order chi connectivity index (χ1) is 11.0. The summed E-state index contributed by atoms with van der Waals surface area (Å²) in [6.45, 7) is 2.09. The summed E-state index contributed by atoms with van der Waals surface area (Å²) in [5.41, 5.74) is 3.89. The zero-order chi connectivity index (χ0) is 16.2. The summed E-state index contributed by atoms with van der Waals surface area (Å²) in [7, 11) is 0. The van der Waals surface area contributed by atoms with Crippen LogP contribution in [0, 0.1) is 5.41 Å². The summed E-state index contributed by atoms with van der Waals surface area (Å²) >= 11 is 0. The van der Waals surface area contributed by atoms with Crippen LogP contribution < -0.4 is 0 Å². The Hall–Kier alpha value is -2.24. The van der Waals surface area contributed by atoms with E-state index in [9.17, 15) is 10.2 Å². The minimum atomic E-state index is -0.639. The van der Waals surface area contributed by atoms with E-state index in [1.807, 2.05) is 0 Å². The molecule has 0 bridgehead atoms. The van der Waals surface area contributed by atoms with Crippen molar-refractivity contribution in [3.63, 3.8) is 0 Å². The Morgan fingerprint density at radius 3 is 2.83 bits per heavy atom. The number of ether oxygens (including phenoxy) is 1. The molecule has 0 amide bonds. The third-order valence-electron chi connectivity index (χ3n) is 4.84. The second-order valence-corrected chi connectivity index (χ2v) is 6.37. The molecular weight excluding hydrogens is 292 g/mol. The lowest BCUT2D eigenvalue weighted by atomic mass is 9.90. The van der Waals surface area contributed by atoms with Crippen molar-refractivity contribution in [3.05, 3.63) is 47.3 Å². The van der Waals surface area contributed by atoms with Gasteiger partial charge in [-0.2, -0.15) is 0 Å². The number of rotatable bonds is 2. The van der Waals surface area contributed by atoms with Crippen molar-refractivity contribution in [2.75, 3.05) is 0 Å². The summed E-state index contributed by atoms with van der Waals surface area (Å²) in [6, 6.07) is 5.17. The Morgan fingerprint density at radius 2 is 2.13 bits per heavy atom. The second-order valence-electron chi connectivity index (χ2n) is 6.37. The van der Waals surface area contributed by atoms with Gasteiger partial charge in [0.05, 0.1) is 12.2 Å². The number of benzene rings is 1. The van der Waals surface area contributed by atoms with Gasteiger partial charge in [-0.1, -0.05) is 6.07 Å². The molecule has 5 heteroatoms. The summed E-state index contributed by atoms with van der Waals surface area (Å²) in [5.74, 6) is 0.0900. The number of hydrogen-bond acceptors (Lipinski definition) is 5. The molecule has 2 heterocycles. The van der Waals surface area contributed by atoms with Crippen molar-refractivity contribution in [2.45, 2.75) is 38.1 Å². The zero-order valence-electron chi connectivity index (χ0n) is 12.8. The first kappa shape index (κ1) is 14.4. The summed E-state index contributed by atoms with van der Waals surface area (Å²) < 4.78 is 5.91. The van der Waals surface area contributed by atoms with E-state index in [0.717, 1.165) is 35.1 Å². The van der Waals surface area contributed by atoms with Gasteiger partial charge in [0, 0.05) is 34.8 Å². The monoisotopic (exact) mass is 310 g/mol. The van der Waals surface area contributed by atoms with Crippen molar-refractivity contribution < 1.29 is 14.9 Å². The number of fused-ring (bicyclic) bond motifs is 1. The van der Waals surface area contributed by atoms with Crippen LogP contribution in [0.1, 0.15) is 42.6 Å². The number of phenols is 1. The molecule has 1 aromatic heterocycles. The third-order valence-corrected chi connectivity index (χ3v) is 4.84. The van der Waals surface area contributed by atoms with Gasteiger partial charge in [0.25, 0.3) is 0 Å². The molecular formula is C18H18N2O3. The zero-order valence-corrected chi connectivity index (χ0v) is 12.8. The fourth-order valence-electron chi connectivity index (χ4n) is 3.27. The maximum Gasteiger partial charge on any atom is 0.124 e. The third kappa shape index (κ3) is 2.16. The van der Waals surface area contributed by atoms with Crippen molar-refractivity contribution in [2.24, 2.45) is 0 Å². The highest BCUT2D eigenvalue weighted by molar-refractivity contribution is 5.99. The van der Waals surface area contributed by atoms with E-state index in [1.165, 1.54) is 0 Å². The van der Waals surface area contributed by atoms with Crippen LogP contribution in [0.4, 0.5) is 0 Å². The van der Waals surface area contributed by atoms with E-state index in [1.54, 1.807) is 37.5 Å². The fraction of sp³-hybridized carbons (Fsp3) is 0.333. The molecule has 1 unspecified atom stereocenters. The Bertz CT molecular complexity index is 812. The van der Waals surface area contributed by atoms with Gasteiger partial charge >= 0.3 is 0 Å². The van der Waals surface area contributed by atoms with Gasteiger partial charge < -0.3 is 20.4 Å². The summed E-state index contributed by atoms with van der Waals surface area (Å²) in [6.07, 6.45) is 4.59. The van der Waals surface area contributed by atoms with E-state index < -0.39 is 11.7 Å². The number of aromatic nitrogens is 1. The van der Waals surface area contributed by atoms with Crippen LogP contribution in [0.3, 0.4) is 0 Å². The number of aliphatic hydroxyl groups excluding tert-OH is 1. The normalized spacial score (nSPS) is 21.0. The molecule has 0 radical (unpaired) electrons. The van der Waals surface area contributed by atoms with Crippen LogP contribution in [-0.2, 0) is 11.3 Å². The molecule has 0 saturated heterocycles. The Balaban J connectivity index is 1.84. The Morgan fingerprint density at radius 1 is 1.35 bits per heavy atom. The topological polar surface area (TPSA) is 86.4 Å². The van der Waals surface area contributed by atoms with Gasteiger partial charge in [0.15, 0.2) is 0 Å². The molecule has 2 aliphatic rings. The second kappa shape index (κ2) is 4.88. The van der Waals surface area contributed by atoms with E-state index >= 15 is 0 Å². The Labute approximate surface area is 134 Å². The van der Waals surface area contributed by atoms with Crippen LogP contribution in [0.15, 0.2) is 30.6 Å². The van der Waals surface area contributed by atoms with Crippen molar-refractivity contribution in [3.8, 4) is 16.9 Å². The van der Waals surface area contributed by atoms with Crippen molar-refractivity contribution in [1.82, 2.24) is 4.98 Å². The fourth-order valence-corrected chi connectivity index (χ4v) is 3.27. The lowest BCUT2D eigenvalue weighted by molar-refractivity contribution is -0.0827. The molecule has 1 spiro atoms. The molecule has 5 nitrogen and oxygen atoms in total. The molecule has 3 N–H and O–H groups in total. The molecule has 118 valence electrons. The van der Waals surface area contributed by atoms with Crippen LogP contribution in [0.25, 0.3) is 11.1 Å². The molecule has 1 aromatic carbocycles. The molecule has 1 aliphatic heterocycles. The van der Waals surface area contributed by atoms with E-state index in [0.29, 0.717) is 17.9 Å². The Kier molecular flexibility index (Phi) is 3.04. The smallest absolute Gasteiger partial charge is 0.124 e. The number of nitrogens with zero attached hydrogens (tertiary/aromatic N) is 1. The molecule has 1 fully saturated rings. The number of aromatic hydroxyl groups is 1. The largest absolute Gasteiger partial charge is 0.507 e. The number of aliphatic hydroxyl groups is 1. The molecule has 1 aliphatic carbocycles. The van der Waals surface area contributed by atoms with E-state index in [2.05, 4.69) is 4.98 Å². The molecule has 4 rings (SSSR count). The first-order valence-corrected chi connectivity index (χ1v) is 7.69. The van der Waals surface area contributed by atoms with E-state index in [-0.39, 0.29) is 5.75 Å². The minimum absolute atomic E-state index is 0.0900. The van der Waals surface area contributed by atoms with Crippen LogP contribution in [0.2, 0.25) is 0 Å². The number of nitrogens with one attached hydrogen (secondary N) is 1. The van der Waals surface area contributed by atoms with Crippen LogP contribution in [-0.4, -0.2) is 26.5 Å². The first-order valence-electron chi connectivity index (χ1n) is 7.69. The van der Waals surface area contributed by atoms with Crippen molar-refractivity contribution in [1.29, 1.82) is 5.41 Å². The molecule has 2 aromatic rings. The van der Waals surface area contributed by atoms with Gasteiger partial charge in [0.2, 0.25) is 0 Å². The lowest BCUT2D eigenvalue weighted by Gasteiger charge is -2.31. The van der Waals surface area contributed by atoms with Crippen molar-refractivity contribution >= 4 is 5.71 Å². The van der Waals surface area contributed by atoms with E-state index in [4.69, 9.17) is 10.1 Å². The average molecular weight is 310 g/mol. The van der Waals surface area contributed by atoms with Gasteiger partial charge in [-0.15, -0.1) is 0 Å². The lowest BCUT2D eigenvalue weighted by Crippen LogP contribution is -2.30. The quantitative estimate of drug-likeness (QED) is 0.744. The average Bonchev–Trinajstić information content (AvgIpc) is 3.32. The summed E-state index contributed by atoms with van der Waals surface area (Å²) in [5, 5.41) is 28.2. The van der Waals surface area contributed by atoms with Crippen LogP contribution >= 0.6 is 0 Å². The minimum Gasteiger partial charge on any atom is -0.507 e. The maximum absolute atomic E-state index is 10.6. The van der Waals surface area contributed by atoms with Gasteiger partial charge in [-0.3, -0.25) is 4.98 Å². The predicted octanol–water partition coefficient (Wildman–Crippen LogP) is 2.94. The van der Waals surface area contributed by atoms with Gasteiger partial charge in [-0.05, 0) is 43.0 Å². The van der Waals surface area contributed by atoms with Gasteiger partial charge in [0.1, 0.15) is 11.9 Å². The highest BCUT2D eigenvalue weighted by atomic mass is 16.5. The predicted molar refractivity (Wildman–Crippen MR) is 85.6 cm³/mol. The molecule has 23 heavy (non-hydrogen) atoms. The number of pyridine rings is 1. The summed E-state index contributed by atoms with van der Waals surface area (Å²) in [4.78, 5) is 4.28. The SMILES string of the molecule is CC(=N)c1cc(-c2cncc3c2COC2(CC2)C3O)ccc1O. The molecule has 1 atom stereocenters. The number of hydrogen-bond donors (Lipinski definition) is 3. The van der Waals surface area contributed by atoms with Crippen LogP contribution in [0.5, 0.6) is 5.75 Å². The molecule has 1 saturated carbocycles. The maximum atomic E-state index is 10.6. The standard InChI is InChI=1S/C18H18N2O3/c1-10(19)12-6-11(2-3-16(12)21)13-7-20-8-14-15(13)9-23-18(4-5-18)17(14)22/h2-3,6-8,17,19,21-22H,4-5,9H2,1H3. The number of phenolic OH excluding ortho intramolecular Hbond substituents is 1.